The van der Waals surface area contributed by atoms with Crippen LogP contribution in [0.2, 0.25) is 0 Å². The quantitative estimate of drug-likeness (QED) is 0.809. The van der Waals surface area contributed by atoms with Gasteiger partial charge in [-0.3, -0.25) is 13.9 Å². The van der Waals surface area contributed by atoms with E-state index in [1.807, 2.05) is 18.2 Å². The molecule has 0 spiro atoms. The molecule has 1 amide bonds. The number of nitrogens with zero attached hydrogens (tertiary/aromatic N) is 1. The fraction of sp³-hybridized carbons (Fsp3) is 0.462. The van der Waals surface area contributed by atoms with Gasteiger partial charge in [0.2, 0.25) is 5.91 Å². The first kappa shape index (κ1) is 11.9. The zero-order valence-electron chi connectivity index (χ0n) is 10.1. The maximum absolute atomic E-state index is 12.1. The van der Waals surface area contributed by atoms with E-state index in [-0.39, 0.29) is 11.9 Å². The second-order valence-electron chi connectivity index (χ2n) is 4.75. The second-order valence-corrected chi connectivity index (χ2v) is 6.45. The van der Waals surface area contributed by atoms with Crippen LogP contribution in [0.25, 0.3) is 0 Å². The third kappa shape index (κ3) is 2.20. The Morgan fingerprint density at radius 2 is 1.94 bits per heavy atom. The van der Waals surface area contributed by atoms with Crippen LogP contribution in [0.3, 0.4) is 0 Å². The minimum absolute atomic E-state index is 0.0707. The highest BCUT2D eigenvalue weighted by molar-refractivity contribution is 7.85. The monoisotopic (exact) mass is 264 g/mol. The smallest absolute Gasteiger partial charge is 0.242 e. The Bertz CT molecular complexity index is 494. The summed E-state index contributed by atoms with van der Waals surface area (Å²) in [6.45, 7) is 1.51. The average molecular weight is 264 g/mol. The first-order valence-electron chi connectivity index (χ1n) is 6.22. The number of nitrogens with one attached hydrogen (secondary N) is 1. The number of fused-ring (bicyclic) bond motifs is 1. The van der Waals surface area contributed by atoms with Crippen molar-refractivity contribution in [3.63, 3.8) is 0 Å². The summed E-state index contributed by atoms with van der Waals surface area (Å²) in [6, 6.07) is 7.83. The summed E-state index contributed by atoms with van der Waals surface area (Å²) in [6.07, 6.45) is 0.759. The van der Waals surface area contributed by atoms with Crippen LogP contribution in [0.1, 0.15) is 5.56 Å². The zero-order chi connectivity index (χ0) is 12.5. The van der Waals surface area contributed by atoms with E-state index >= 15 is 0 Å². The molecule has 1 atom stereocenters. The van der Waals surface area contributed by atoms with Gasteiger partial charge < -0.3 is 5.32 Å². The molecule has 2 aliphatic rings. The van der Waals surface area contributed by atoms with E-state index in [9.17, 15) is 9.00 Å². The first-order valence-corrected chi connectivity index (χ1v) is 7.70. The topological polar surface area (TPSA) is 49.4 Å². The zero-order valence-corrected chi connectivity index (χ0v) is 10.9. The molecule has 0 saturated carbocycles. The lowest BCUT2D eigenvalue weighted by molar-refractivity contribution is -0.121. The molecule has 1 fully saturated rings. The molecule has 1 unspecified atom stereocenters. The summed E-state index contributed by atoms with van der Waals surface area (Å²) >= 11 is 0. The van der Waals surface area contributed by atoms with Crippen LogP contribution in [0, 0.1) is 0 Å². The van der Waals surface area contributed by atoms with E-state index < -0.39 is 10.8 Å². The Labute approximate surface area is 109 Å². The molecular weight excluding hydrogens is 248 g/mol. The van der Waals surface area contributed by atoms with Crippen molar-refractivity contribution in [3.05, 3.63) is 29.8 Å². The Hall–Kier alpha value is -1.20. The van der Waals surface area contributed by atoms with E-state index in [1.54, 1.807) is 0 Å². The van der Waals surface area contributed by atoms with E-state index in [2.05, 4.69) is 16.3 Å². The third-order valence-electron chi connectivity index (χ3n) is 3.64. The molecule has 4 nitrogen and oxygen atoms in total. The lowest BCUT2D eigenvalue weighted by atomic mass is 9.98. The highest BCUT2D eigenvalue weighted by Gasteiger charge is 2.32. The van der Waals surface area contributed by atoms with Gasteiger partial charge in [0.1, 0.15) is 0 Å². The summed E-state index contributed by atoms with van der Waals surface area (Å²) in [5.74, 6) is 1.44. The molecule has 3 rings (SSSR count). The normalized spacial score (nSPS) is 25.6. The molecule has 1 aromatic rings. The molecule has 96 valence electrons. The Morgan fingerprint density at radius 1 is 1.22 bits per heavy atom. The fourth-order valence-corrected chi connectivity index (χ4v) is 3.68. The highest BCUT2D eigenvalue weighted by Crippen LogP contribution is 2.24. The van der Waals surface area contributed by atoms with E-state index in [0.717, 1.165) is 25.2 Å². The predicted molar refractivity (Wildman–Crippen MR) is 72.0 cm³/mol. The standard InChI is InChI=1S/C13H16N2O2S/c16-13-12(15-5-7-18(17)8-6-15)9-10-3-1-2-4-11(10)14-13/h1-4,12H,5-9H2,(H,14,16). The van der Waals surface area contributed by atoms with Crippen molar-refractivity contribution < 1.29 is 9.00 Å². The first-order chi connectivity index (χ1) is 8.74. The number of carbonyl (C=O) groups is 1. The van der Waals surface area contributed by atoms with E-state index in [4.69, 9.17) is 0 Å². The van der Waals surface area contributed by atoms with Gasteiger partial charge in [-0.1, -0.05) is 18.2 Å². The van der Waals surface area contributed by atoms with Crippen LogP contribution < -0.4 is 5.32 Å². The predicted octanol–water partition coefficient (Wildman–Crippen LogP) is 0.614. The number of amides is 1. The lowest BCUT2D eigenvalue weighted by Gasteiger charge is -2.36. The van der Waals surface area contributed by atoms with Crippen molar-refractivity contribution in [1.82, 2.24) is 4.90 Å². The maximum atomic E-state index is 12.1. The van der Waals surface area contributed by atoms with E-state index in [0.29, 0.717) is 11.5 Å². The van der Waals surface area contributed by atoms with Gasteiger partial charge in [-0.2, -0.15) is 0 Å². The largest absolute Gasteiger partial charge is 0.324 e. The number of para-hydroxylation sites is 1. The number of rotatable bonds is 1. The summed E-state index contributed by atoms with van der Waals surface area (Å²) in [5, 5.41) is 2.96. The molecule has 2 aliphatic heterocycles. The Kier molecular flexibility index (Phi) is 3.18. The van der Waals surface area contributed by atoms with Crippen molar-refractivity contribution in [2.75, 3.05) is 29.9 Å². The van der Waals surface area contributed by atoms with Crippen molar-refractivity contribution in [2.45, 2.75) is 12.5 Å². The molecule has 0 aromatic heterocycles. The summed E-state index contributed by atoms with van der Waals surface area (Å²) in [7, 11) is -0.695. The molecule has 18 heavy (non-hydrogen) atoms. The van der Waals surface area contributed by atoms with Gasteiger partial charge in [0.15, 0.2) is 0 Å². The Morgan fingerprint density at radius 3 is 2.72 bits per heavy atom. The van der Waals surface area contributed by atoms with Crippen LogP contribution >= 0.6 is 0 Å². The molecular formula is C13H16N2O2S. The van der Waals surface area contributed by atoms with Crippen LogP contribution in [0.4, 0.5) is 5.69 Å². The van der Waals surface area contributed by atoms with Crippen molar-refractivity contribution >= 4 is 22.4 Å². The highest BCUT2D eigenvalue weighted by atomic mass is 32.2. The van der Waals surface area contributed by atoms with Crippen LogP contribution in [0.15, 0.2) is 24.3 Å². The van der Waals surface area contributed by atoms with Gasteiger partial charge >= 0.3 is 0 Å². The Balaban J connectivity index is 1.78. The number of anilines is 1. The van der Waals surface area contributed by atoms with E-state index in [1.165, 1.54) is 5.56 Å². The molecule has 0 bridgehead atoms. The van der Waals surface area contributed by atoms with Gasteiger partial charge in [0, 0.05) is 41.1 Å². The minimum Gasteiger partial charge on any atom is -0.324 e. The SMILES string of the molecule is O=C1Nc2ccccc2CC1N1CCS(=O)CC1. The van der Waals surface area contributed by atoms with Crippen molar-refractivity contribution in [3.8, 4) is 0 Å². The minimum atomic E-state index is -0.695. The van der Waals surface area contributed by atoms with Crippen molar-refractivity contribution in [1.29, 1.82) is 0 Å². The third-order valence-corrected chi connectivity index (χ3v) is 4.92. The average Bonchev–Trinajstić information content (AvgIpc) is 2.39. The fourth-order valence-electron chi connectivity index (χ4n) is 2.60. The summed E-state index contributed by atoms with van der Waals surface area (Å²) in [4.78, 5) is 14.3. The van der Waals surface area contributed by atoms with Crippen LogP contribution in [-0.2, 0) is 22.0 Å². The molecule has 1 saturated heterocycles. The van der Waals surface area contributed by atoms with Gasteiger partial charge in [0.25, 0.3) is 0 Å². The number of hydrogen-bond donors (Lipinski definition) is 1. The van der Waals surface area contributed by atoms with Crippen molar-refractivity contribution in [2.24, 2.45) is 0 Å². The number of hydrogen-bond acceptors (Lipinski definition) is 3. The van der Waals surface area contributed by atoms with Gasteiger partial charge in [0.05, 0.1) is 6.04 Å². The molecule has 1 aromatic carbocycles. The van der Waals surface area contributed by atoms with Gasteiger partial charge in [-0.25, -0.2) is 0 Å². The number of benzene rings is 1. The molecule has 5 heteroatoms. The molecule has 0 aliphatic carbocycles. The van der Waals surface area contributed by atoms with Crippen LogP contribution in [-0.4, -0.2) is 45.7 Å². The van der Waals surface area contributed by atoms with Crippen LogP contribution in [0.5, 0.6) is 0 Å². The summed E-state index contributed by atoms with van der Waals surface area (Å²) < 4.78 is 11.4. The molecule has 0 radical (unpaired) electrons. The molecule has 2 heterocycles. The summed E-state index contributed by atoms with van der Waals surface area (Å²) in [5.41, 5.74) is 2.12. The second kappa shape index (κ2) is 4.82. The maximum Gasteiger partial charge on any atom is 0.242 e. The van der Waals surface area contributed by atoms with Gasteiger partial charge in [-0.05, 0) is 18.1 Å². The molecule has 1 N–H and O–H groups in total. The van der Waals surface area contributed by atoms with Gasteiger partial charge in [-0.15, -0.1) is 0 Å². The number of carbonyl (C=O) groups excluding carboxylic acids is 1. The lowest BCUT2D eigenvalue weighted by Crippen LogP contribution is -2.52.